The predicted octanol–water partition coefficient (Wildman–Crippen LogP) is 13.3. The summed E-state index contributed by atoms with van der Waals surface area (Å²) in [7, 11) is 0. The lowest BCUT2D eigenvalue weighted by Gasteiger charge is -2.23. The summed E-state index contributed by atoms with van der Waals surface area (Å²) < 4.78 is 11.5. The van der Waals surface area contributed by atoms with Crippen LogP contribution in [0.25, 0.3) is 21.8 Å². The van der Waals surface area contributed by atoms with E-state index in [-0.39, 0.29) is 36.5 Å². The molecule has 2 unspecified atom stereocenters. The van der Waals surface area contributed by atoms with Crippen LogP contribution in [-0.4, -0.2) is 45.2 Å². The van der Waals surface area contributed by atoms with E-state index in [1.165, 1.54) is 31.2 Å². The smallest absolute Gasteiger partial charge is 0.258 e. The number of pyridine rings is 2. The normalized spacial score (nSPS) is 13.3. The molecule has 0 saturated heterocycles. The topological polar surface area (TPSA) is 143 Å². The number of carbonyl (C=O) groups is 2. The fourth-order valence-electron chi connectivity index (χ4n) is 8.57. The molecule has 8 aromatic rings. The summed E-state index contributed by atoms with van der Waals surface area (Å²) in [6.45, 7) is 1.66. The van der Waals surface area contributed by atoms with Gasteiger partial charge in [0.05, 0.1) is 22.1 Å². The van der Waals surface area contributed by atoms with Crippen LogP contribution in [0.5, 0.6) is 23.0 Å². The molecule has 1 fully saturated rings. The minimum Gasteiger partial charge on any atom is -0.505 e. The molecule has 0 radical (unpaired) electrons. The minimum absolute atomic E-state index is 0.0661. The first-order chi connectivity index (χ1) is 33.5. The van der Waals surface area contributed by atoms with Crippen LogP contribution in [0.15, 0.2) is 146 Å². The lowest BCUT2D eigenvalue weighted by Crippen LogP contribution is -2.33. The molecule has 2 amide bonds. The highest BCUT2D eigenvalue weighted by atomic mass is 35.5. The molecular weight excluding hydrogens is 954 g/mol. The minimum atomic E-state index is -0.763. The number of phenols is 2. The fraction of sp³-hybridized carbons (Fsp3) is 0.200. The summed E-state index contributed by atoms with van der Waals surface area (Å²) >= 11 is 26.0. The standard InChI is InChI=1S/C29H26Cl2N2O3.C26H22Cl2N2O3/c30-24-10-4-3-8-21(24)27(23-16-25(31)22-9-5-15-32-28(22)29(23)35)33-26(34)17-36-20-13-11-19(12-14-20)18-6-1-2-7-18;1-2-16-7-5-8-17(13-16)33-15-23(31)30-24(18-9-3-4-11-21(18)27)20-14-22(28)19-10-6-12-29-25(19)26(20)32/h3-5,8-16,18,27,35H,1-2,6-7,17H2,(H,33,34);3-14,24,32H,2,15H2,1H3,(H,30,31). The molecule has 0 aliphatic heterocycles. The molecule has 1 saturated carbocycles. The summed E-state index contributed by atoms with van der Waals surface area (Å²) in [5.74, 6) is 0.978. The Morgan fingerprint density at radius 1 is 0.580 bits per heavy atom. The van der Waals surface area contributed by atoms with Gasteiger partial charge in [-0.1, -0.05) is 127 Å². The van der Waals surface area contributed by atoms with Crippen LogP contribution in [-0.2, 0) is 16.0 Å². The number of ether oxygens (including phenoxy) is 2. The maximum atomic E-state index is 13.0. The van der Waals surface area contributed by atoms with Gasteiger partial charge in [0.1, 0.15) is 34.0 Å². The van der Waals surface area contributed by atoms with Gasteiger partial charge in [-0.2, -0.15) is 0 Å². The molecule has 352 valence electrons. The van der Waals surface area contributed by atoms with E-state index in [4.69, 9.17) is 55.9 Å². The molecule has 9 rings (SSSR count). The van der Waals surface area contributed by atoms with E-state index >= 15 is 0 Å². The summed E-state index contributed by atoms with van der Waals surface area (Å²) in [6.07, 6.45) is 9.04. The zero-order valence-electron chi connectivity index (χ0n) is 37.5. The van der Waals surface area contributed by atoms with E-state index in [1.54, 1.807) is 91.3 Å². The third-order valence-electron chi connectivity index (χ3n) is 12.1. The van der Waals surface area contributed by atoms with E-state index in [1.807, 2.05) is 42.5 Å². The van der Waals surface area contributed by atoms with Crippen molar-refractivity contribution in [3.8, 4) is 23.0 Å². The van der Waals surface area contributed by atoms with Crippen LogP contribution in [0.4, 0.5) is 0 Å². The van der Waals surface area contributed by atoms with Crippen molar-refractivity contribution in [2.45, 2.75) is 57.0 Å². The molecule has 0 bridgehead atoms. The van der Waals surface area contributed by atoms with Crippen molar-refractivity contribution < 1.29 is 29.3 Å². The zero-order valence-corrected chi connectivity index (χ0v) is 40.5. The molecular formula is C55H48Cl4N4O6. The molecule has 69 heavy (non-hydrogen) atoms. The SMILES string of the molecule is CCc1cccc(OCC(=O)NC(c2ccccc2Cl)c2cc(Cl)c3cccnc3c2O)c1.O=C(COc1ccc(C2CCCC2)cc1)NC(c1ccccc1Cl)c1cc(Cl)c2cccnc2c1O. The lowest BCUT2D eigenvalue weighted by molar-refractivity contribution is -0.124. The monoisotopic (exact) mass is 1000 g/mol. The third kappa shape index (κ3) is 11.7. The van der Waals surface area contributed by atoms with Gasteiger partial charge < -0.3 is 30.3 Å². The Bertz CT molecular complexity index is 3110. The Morgan fingerprint density at radius 2 is 1.07 bits per heavy atom. The Hall–Kier alpha value is -6.56. The van der Waals surface area contributed by atoms with Crippen molar-refractivity contribution >= 4 is 80.0 Å². The number of nitrogens with zero attached hydrogens (tertiary/aromatic N) is 2. The number of phenolic OH excluding ortho intramolecular Hbond substituents is 2. The van der Waals surface area contributed by atoms with Gasteiger partial charge in [0.25, 0.3) is 11.8 Å². The van der Waals surface area contributed by atoms with Crippen molar-refractivity contribution in [2.75, 3.05) is 13.2 Å². The number of hydrogen-bond acceptors (Lipinski definition) is 8. The summed E-state index contributed by atoms with van der Waals surface area (Å²) in [6, 6.07) is 38.6. The molecule has 4 N–H and O–H groups in total. The summed E-state index contributed by atoms with van der Waals surface area (Å²) in [4.78, 5) is 34.5. The van der Waals surface area contributed by atoms with Crippen molar-refractivity contribution in [2.24, 2.45) is 0 Å². The number of aryl methyl sites for hydroxylation is 1. The quantitative estimate of drug-likeness (QED) is 0.0843. The third-order valence-corrected chi connectivity index (χ3v) is 13.4. The van der Waals surface area contributed by atoms with Crippen LogP contribution in [0.2, 0.25) is 20.1 Å². The number of hydrogen-bond donors (Lipinski definition) is 4. The van der Waals surface area contributed by atoms with Crippen molar-refractivity contribution in [3.05, 3.63) is 199 Å². The maximum absolute atomic E-state index is 13.0. The van der Waals surface area contributed by atoms with Crippen LogP contribution >= 0.6 is 46.4 Å². The molecule has 1 aliphatic rings. The van der Waals surface area contributed by atoms with Crippen LogP contribution in [0.1, 0.15) is 84.0 Å². The number of benzene rings is 6. The number of nitrogens with one attached hydrogen (secondary N) is 2. The number of fused-ring (bicyclic) bond motifs is 2. The number of carbonyl (C=O) groups excluding carboxylic acids is 2. The van der Waals surface area contributed by atoms with E-state index in [9.17, 15) is 19.8 Å². The number of aromatic hydroxyl groups is 2. The van der Waals surface area contributed by atoms with E-state index in [0.29, 0.717) is 81.6 Å². The predicted molar refractivity (Wildman–Crippen MR) is 274 cm³/mol. The lowest BCUT2D eigenvalue weighted by atomic mass is 9.96. The second-order valence-corrected chi connectivity index (χ2v) is 18.2. The fourth-order valence-corrected chi connectivity index (χ4v) is 9.60. The Balaban J connectivity index is 0.000000187. The van der Waals surface area contributed by atoms with Crippen molar-refractivity contribution in [3.63, 3.8) is 0 Å². The highest BCUT2D eigenvalue weighted by Gasteiger charge is 2.27. The first-order valence-electron chi connectivity index (χ1n) is 22.5. The van der Waals surface area contributed by atoms with Gasteiger partial charge in [0.15, 0.2) is 13.2 Å². The van der Waals surface area contributed by atoms with Crippen LogP contribution < -0.4 is 20.1 Å². The summed E-state index contributed by atoms with van der Waals surface area (Å²) in [5, 5.41) is 30.9. The maximum Gasteiger partial charge on any atom is 0.258 e. The second kappa shape index (κ2) is 22.7. The average Bonchev–Trinajstić information content (AvgIpc) is 3.93. The highest BCUT2D eigenvalue weighted by molar-refractivity contribution is 6.36. The van der Waals surface area contributed by atoms with Gasteiger partial charge in [-0.25, -0.2) is 0 Å². The van der Waals surface area contributed by atoms with Gasteiger partial charge in [-0.15, -0.1) is 0 Å². The number of halogens is 4. The first-order valence-corrected chi connectivity index (χ1v) is 24.0. The van der Waals surface area contributed by atoms with E-state index < -0.39 is 12.1 Å². The van der Waals surface area contributed by atoms with Gasteiger partial charge in [-0.05, 0) is 120 Å². The molecule has 2 atom stereocenters. The van der Waals surface area contributed by atoms with Crippen LogP contribution in [0, 0.1) is 0 Å². The van der Waals surface area contributed by atoms with Crippen molar-refractivity contribution in [1.29, 1.82) is 0 Å². The molecule has 2 heterocycles. The molecule has 10 nitrogen and oxygen atoms in total. The molecule has 6 aromatic carbocycles. The van der Waals surface area contributed by atoms with Gasteiger partial charge in [0, 0.05) is 44.3 Å². The first kappa shape index (κ1) is 48.9. The molecule has 2 aromatic heterocycles. The average molecular weight is 1000 g/mol. The number of amides is 2. The van der Waals surface area contributed by atoms with Crippen LogP contribution in [0.3, 0.4) is 0 Å². The molecule has 1 aliphatic carbocycles. The van der Waals surface area contributed by atoms with Gasteiger partial charge >= 0.3 is 0 Å². The summed E-state index contributed by atoms with van der Waals surface area (Å²) in [5.41, 5.74) is 5.15. The molecule has 14 heteroatoms. The van der Waals surface area contributed by atoms with Gasteiger partial charge in [-0.3, -0.25) is 19.6 Å². The number of rotatable bonds is 14. The van der Waals surface area contributed by atoms with E-state index in [0.717, 1.165) is 12.0 Å². The van der Waals surface area contributed by atoms with Gasteiger partial charge in [0.2, 0.25) is 0 Å². The Morgan fingerprint density at radius 3 is 1.57 bits per heavy atom. The zero-order chi connectivity index (χ0) is 48.4. The second-order valence-electron chi connectivity index (χ2n) is 16.6. The number of aromatic nitrogens is 2. The Kier molecular flexibility index (Phi) is 16.1. The molecule has 0 spiro atoms. The largest absolute Gasteiger partial charge is 0.505 e. The highest BCUT2D eigenvalue weighted by Crippen LogP contribution is 2.42. The van der Waals surface area contributed by atoms with Crippen molar-refractivity contribution in [1.82, 2.24) is 20.6 Å². The van der Waals surface area contributed by atoms with E-state index in [2.05, 4.69) is 39.7 Å². The Labute approximate surface area is 420 Å².